The Hall–Kier alpha value is -0.290. The predicted octanol–water partition coefficient (Wildman–Crippen LogP) is 1.43. The Morgan fingerprint density at radius 1 is 1.33 bits per heavy atom. The summed E-state index contributed by atoms with van der Waals surface area (Å²) < 4.78 is 12.1. The summed E-state index contributed by atoms with van der Waals surface area (Å²) >= 11 is 8.04. The Morgan fingerprint density at radius 3 is 2.44 bits per heavy atom. The summed E-state index contributed by atoms with van der Waals surface area (Å²) in [7, 11) is 0. The lowest BCUT2D eigenvalue weighted by atomic mass is 11.0. The Bertz CT molecular complexity index is 180. The molecule has 0 spiro atoms. The first kappa shape index (κ1) is 6.82. The molecular formula is C3BrClFN3. The minimum Gasteiger partial charge on any atom is -0.191 e. The zero-order valence-corrected chi connectivity index (χ0v) is 6.32. The molecular weight excluding hydrogens is 212 g/mol. The SMILES string of the molecule is Fc1nc(Cl)nc(Br)n1. The number of aromatic nitrogens is 3. The van der Waals surface area contributed by atoms with Gasteiger partial charge in [-0.25, -0.2) is 0 Å². The highest BCUT2D eigenvalue weighted by Gasteiger charge is 1.98. The van der Waals surface area contributed by atoms with Gasteiger partial charge in [0.25, 0.3) is 0 Å². The molecule has 48 valence electrons. The van der Waals surface area contributed by atoms with Crippen LogP contribution >= 0.6 is 27.5 Å². The van der Waals surface area contributed by atoms with Crippen molar-refractivity contribution in [2.24, 2.45) is 0 Å². The van der Waals surface area contributed by atoms with Crippen LogP contribution < -0.4 is 0 Å². The number of halogens is 3. The molecule has 3 nitrogen and oxygen atoms in total. The lowest BCUT2D eigenvalue weighted by molar-refractivity contribution is 0.528. The van der Waals surface area contributed by atoms with Crippen LogP contribution in [0.5, 0.6) is 0 Å². The predicted molar refractivity (Wildman–Crippen MR) is 32.5 cm³/mol. The third-order valence-corrected chi connectivity index (χ3v) is 1.08. The van der Waals surface area contributed by atoms with Crippen molar-refractivity contribution >= 4 is 27.5 Å². The zero-order valence-electron chi connectivity index (χ0n) is 3.98. The Labute approximate surface area is 63.4 Å². The van der Waals surface area contributed by atoms with Gasteiger partial charge in [0.2, 0.25) is 10.0 Å². The second-order valence-electron chi connectivity index (χ2n) is 1.14. The maximum absolute atomic E-state index is 12.1. The molecule has 0 aliphatic heterocycles. The topological polar surface area (TPSA) is 38.7 Å². The smallest absolute Gasteiger partial charge is 0.191 e. The Morgan fingerprint density at radius 2 is 2.00 bits per heavy atom. The highest BCUT2D eigenvalue weighted by molar-refractivity contribution is 9.10. The van der Waals surface area contributed by atoms with Crippen molar-refractivity contribution in [1.29, 1.82) is 0 Å². The van der Waals surface area contributed by atoms with Gasteiger partial charge in [-0.1, -0.05) is 0 Å². The molecule has 0 aliphatic rings. The van der Waals surface area contributed by atoms with Crippen molar-refractivity contribution in [2.75, 3.05) is 0 Å². The molecule has 1 aromatic heterocycles. The second-order valence-corrected chi connectivity index (χ2v) is 2.19. The standard InChI is InChI=1S/C3BrClFN3/c4-1-7-2(5)9-3(6)8-1. The fraction of sp³-hybridized carbons (Fsp3) is 0. The van der Waals surface area contributed by atoms with Crippen LogP contribution in [0.15, 0.2) is 4.73 Å². The fourth-order valence-electron chi connectivity index (χ4n) is 0.303. The average Bonchev–Trinajstić information content (AvgIpc) is 1.59. The number of rotatable bonds is 0. The molecule has 0 atom stereocenters. The van der Waals surface area contributed by atoms with Crippen molar-refractivity contribution in [3.05, 3.63) is 16.1 Å². The van der Waals surface area contributed by atoms with E-state index in [2.05, 4.69) is 30.9 Å². The molecule has 0 radical (unpaired) electrons. The summed E-state index contributed by atoms with van der Waals surface area (Å²) in [5.74, 6) is 0. The molecule has 0 aliphatic carbocycles. The van der Waals surface area contributed by atoms with Gasteiger partial charge in [0, 0.05) is 0 Å². The third kappa shape index (κ3) is 1.83. The molecule has 0 saturated heterocycles. The van der Waals surface area contributed by atoms with Crippen LogP contribution in [0.25, 0.3) is 0 Å². The molecule has 1 heterocycles. The van der Waals surface area contributed by atoms with Crippen molar-refractivity contribution < 1.29 is 4.39 Å². The number of hydrogen-bond donors (Lipinski definition) is 0. The van der Waals surface area contributed by atoms with Crippen molar-refractivity contribution in [3.63, 3.8) is 0 Å². The molecule has 0 bridgehead atoms. The van der Waals surface area contributed by atoms with E-state index in [0.29, 0.717) is 0 Å². The highest BCUT2D eigenvalue weighted by atomic mass is 79.9. The maximum Gasteiger partial charge on any atom is 0.313 e. The first-order chi connectivity index (χ1) is 4.18. The summed E-state index contributed by atoms with van der Waals surface area (Å²) in [6, 6.07) is 0. The van der Waals surface area contributed by atoms with Crippen LogP contribution in [0.3, 0.4) is 0 Å². The monoisotopic (exact) mass is 211 g/mol. The summed E-state index contributed by atoms with van der Waals surface area (Å²) in [6.07, 6.45) is -0.887. The molecule has 6 heteroatoms. The molecule has 1 rings (SSSR count). The van der Waals surface area contributed by atoms with Crippen LogP contribution in [0, 0.1) is 6.08 Å². The maximum atomic E-state index is 12.1. The van der Waals surface area contributed by atoms with E-state index in [-0.39, 0.29) is 10.0 Å². The Balaban J connectivity index is 3.17. The van der Waals surface area contributed by atoms with E-state index in [4.69, 9.17) is 11.6 Å². The van der Waals surface area contributed by atoms with Crippen LogP contribution in [0.4, 0.5) is 4.39 Å². The number of nitrogens with zero attached hydrogens (tertiary/aromatic N) is 3. The first-order valence-corrected chi connectivity index (χ1v) is 3.08. The van der Waals surface area contributed by atoms with Gasteiger partial charge < -0.3 is 0 Å². The Kier molecular flexibility index (Phi) is 1.92. The number of hydrogen-bond acceptors (Lipinski definition) is 3. The molecule has 0 saturated carbocycles. The van der Waals surface area contributed by atoms with Gasteiger partial charge in [-0.2, -0.15) is 19.3 Å². The van der Waals surface area contributed by atoms with Crippen LogP contribution in [-0.4, -0.2) is 15.0 Å². The lowest BCUT2D eigenvalue weighted by Crippen LogP contribution is -1.92. The zero-order chi connectivity index (χ0) is 6.85. The second kappa shape index (κ2) is 2.53. The van der Waals surface area contributed by atoms with Gasteiger partial charge in [0.1, 0.15) is 0 Å². The summed E-state index contributed by atoms with van der Waals surface area (Å²) in [4.78, 5) is 9.71. The lowest BCUT2D eigenvalue weighted by Gasteiger charge is -1.88. The van der Waals surface area contributed by atoms with E-state index < -0.39 is 6.08 Å². The fourth-order valence-corrected chi connectivity index (χ4v) is 0.870. The van der Waals surface area contributed by atoms with Crippen LogP contribution in [0.2, 0.25) is 5.28 Å². The molecule has 0 unspecified atom stereocenters. The largest absolute Gasteiger partial charge is 0.313 e. The van der Waals surface area contributed by atoms with Gasteiger partial charge in [-0.3, -0.25) is 0 Å². The van der Waals surface area contributed by atoms with Gasteiger partial charge in [-0.15, -0.1) is 0 Å². The molecule has 0 N–H and O–H groups in total. The highest BCUT2D eigenvalue weighted by Crippen LogP contribution is 2.05. The van der Waals surface area contributed by atoms with Crippen LogP contribution in [0.1, 0.15) is 0 Å². The molecule has 0 amide bonds. The third-order valence-electron chi connectivity index (χ3n) is 0.554. The molecule has 9 heavy (non-hydrogen) atoms. The van der Waals surface area contributed by atoms with Gasteiger partial charge in [0.05, 0.1) is 0 Å². The van der Waals surface area contributed by atoms with E-state index in [1.54, 1.807) is 0 Å². The van der Waals surface area contributed by atoms with E-state index in [1.807, 2.05) is 0 Å². The van der Waals surface area contributed by atoms with Gasteiger partial charge in [-0.05, 0) is 27.5 Å². The van der Waals surface area contributed by atoms with E-state index in [0.717, 1.165) is 0 Å². The molecule has 0 fully saturated rings. The van der Waals surface area contributed by atoms with Crippen LogP contribution in [-0.2, 0) is 0 Å². The first-order valence-electron chi connectivity index (χ1n) is 1.91. The van der Waals surface area contributed by atoms with E-state index in [9.17, 15) is 4.39 Å². The normalized spacial score (nSPS) is 9.67. The summed E-state index contributed by atoms with van der Waals surface area (Å²) in [5.41, 5.74) is 0. The summed E-state index contributed by atoms with van der Waals surface area (Å²) in [5, 5.41) is -0.158. The molecule has 1 aromatic rings. The van der Waals surface area contributed by atoms with Gasteiger partial charge in [0.15, 0.2) is 0 Å². The van der Waals surface area contributed by atoms with E-state index in [1.165, 1.54) is 0 Å². The van der Waals surface area contributed by atoms with E-state index >= 15 is 0 Å². The summed E-state index contributed by atoms with van der Waals surface area (Å²) in [6.45, 7) is 0. The minimum absolute atomic E-state index is 0.0972. The molecule has 0 aromatic carbocycles. The van der Waals surface area contributed by atoms with Crippen molar-refractivity contribution in [2.45, 2.75) is 0 Å². The minimum atomic E-state index is -0.887. The van der Waals surface area contributed by atoms with Crippen molar-refractivity contribution in [1.82, 2.24) is 15.0 Å². The van der Waals surface area contributed by atoms with Gasteiger partial charge >= 0.3 is 6.08 Å². The quantitative estimate of drug-likeness (QED) is 0.653. The van der Waals surface area contributed by atoms with Crippen molar-refractivity contribution in [3.8, 4) is 0 Å². The average molecular weight is 212 g/mol.